The van der Waals surface area contributed by atoms with Gasteiger partial charge in [-0.05, 0) is 43.7 Å². The van der Waals surface area contributed by atoms with Gasteiger partial charge in [-0.3, -0.25) is 0 Å². The smallest absolute Gasteiger partial charge is 0.259 e. The van der Waals surface area contributed by atoms with Crippen LogP contribution in [0, 0.1) is 5.92 Å². The molecule has 0 unspecified atom stereocenters. The van der Waals surface area contributed by atoms with Crippen LogP contribution in [-0.4, -0.2) is 10.1 Å². The highest BCUT2D eigenvalue weighted by molar-refractivity contribution is 6.33. The Hall–Kier alpha value is -1.39. The highest BCUT2D eigenvalue weighted by Gasteiger charge is 2.37. The summed E-state index contributed by atoms with van der Waals surface area (Å²) in [7, 11) is 0. The first-order valence-corrected chi connectivity index (χ1v) is 7.88. The highest BCUT2D eigenvalue weighted by Crippen LogP contribution is 2.38. The van der Waals surface area contributed by atoms with Crippen LogP contribution in [0.1, 0.15) is 44.9 Å². The maximum atomic E-state index is 6.51. The van der Waals surface area contributed by atoms with Crippen LogP contribution >= 0.6 is 11.6 Å². The molecule has 1 aliphatic carbocycles. The molecule has 0 atom stereocenters. The highest BCUT2D eigenvalue weighted by atomic mass is 35.5. The molecular formula is C16H20ClN3O. The van der Waals surface area contributed by atoms with Gasteiger partial charge in [0.1, 0.15) is 0 Å². The Kier molecular flexibility index (Phi) is 4.00. The number of nitrogens with two attached hydrogens (primary N) is 1. The third-order valence-electron chi connectivity index (χ3n) is 4.55. The van der Waals surface area contributed by atoms with Crippen molar-refractivity contribution in [3.63, 3.8) is 0 Å². The molecule has 2 N–H and O–H groups in total. The number of hydrogen-bond donors (Lipinski definition) is 1. The van der Waals surface area contributed by atoms with Gasteiger partial charge in [-0.1, -0.05) is 42.2 Å². The van der Waals surface area contributed by atoms with Gasteiger partial charge in [0.15, 0.2) is 5.82 Å². The molecule has 0 bridgehead atoms. The average Bonchev–Trinajstić information content (AvgIpc) is 2.99. The van der Waals surface area contributed by atoms with Gasteiger partial charge in [0.05, 0.1) is 16.1 Å². The van der Waals surface area contributed by atoms with Crippen molar-refractivity contribution < 1.29 is 4.52 Å². The molecule has 1 heterocycles. The van der Waals surface area contributed by atoms with Crippen LogP contribution in [0.4, 0.5) is 0 Å². The van der Waals surface area contributed by atoms with Crippen LogP contribution in [-0.2, 0) is 5.54 Å². The minimum absolute atomic E-state index is 0.443. The Labute approximate surface area is 129 Å². The van der Waals surface area contributed by atoms with Gasteiger partial charge in [-0.15, -0.1) is 0 Å². The van der Waals surface area contributed by atoms with E-state index in [4.69, 9.17) is 21.9 Å². The lowest BCUT2D eigenvalue weighted by Gasteiger charge is -2.34. The van der Waals surface area contributed by atoms with Crippen molar-refractivity contribution in [2.75, 3.05) is 0 Å². The van der Waals surface area contributed by atoms with Crippen molar-refractivity contribution in [1.29, 1.82) is 0 Å². The van der Waals surface area contributed by atoms with Crippen molar-refractivity contribution >= 4 is 11.6 Å². The predicted octanol–water partition coefficient (Wildman–Crippen LogP) is 4.14. The summed E-state index contributed by atoms with van der Waals surface area (Å²) >= 11 is 6.17. The minimum atomic E-state index is -0.464. The van der Waals surface area contributed by atoms with Crippen LogP contribution in [0.5, 0.6) is 0 Å². The molecule has 1 fully saturated rings. The predicted molar refractivity (Wildman–Crippen MR) is 82.9 cm³/mol. The maximum absolute atomic E-state index is 6.51. The topological polar surface area (TPSA) is 64.9 Å². The molecular weight excluding hydrogens is 286 g/mol. The van der Waals surface area contributed by atoms with Crippen LogP contribution < -0.4 is 5.73 Å². The molecule has 1 aromatic carbocycles. The second-order valence-corrected chi connectivity index (χ2v) is 6.32. The van der Waals surface area contributed by atoms with Crippen LogP contribution in [0.3, 0.4) is 0 Å². The number of hydrogen-bond acceptors (Lipinski definition) is 4. The van der Waals surface area contributed by atoms with E-state index in [-0.39, 0.29) is 0 Å². The zero-order chi connectivity index (χ0) is 14.9. The van der Waals surface area contributed by atoms with E-state index in [2.05, 4.69) is 17.1 Å². The fraction of sp³-hybridized carbons (Fsp3) is 0.500. The maximum Gasteiger partial charge on any atom is 0.259 e. The summed E-state index contributed by atoms with van der Waals surface area (Å²) in [6, 6.07) is 7.46. The normalized spacial score (nSPS) is 26.0. The van der Waals surface area contributed by atoms with Crippen molar-refractivity contribution in [1.82, 2.24) is 10.1 Å². The number of halogens is 1. The molecule has 1 aliphatic rings. The monoisotopic (exact) mass is 305 g/mol. The Bertz CT molecular complexity index is 617. The number of aromatic nitrogens is 2. The summed E-state index contributed by atoms with van der Waals surface area (Å²) < 4.78 is 5.38. The quantitative estimate of drug-likeness (QED) is 0.925. The summed E-state index contributed by atoms with van der Waals surface area (Å²) in [5, 5.41) is 4.72. The van der Waals surface area contributed by atoms with Crippen molar-refractivity contribution in [2.24, 2.45) is 11.7 Å². The van der Waals surface area contributed by atoms with Gasteiger partial charge in [0.2, 0.25) is 0 Å². The molecule has 0 spiro atoms. The van der Waals surface area contributed by atoms with Crippen LogP contribution in [0.25, 0.3) is 11.5 Å². The molecule has 4 nitrogen and oxygen atoms in total. The van der Waals surface area contributed by atoms with Crippen molar-refractivity contribution in [2.45, 2.75) is 44.6 Å². The lowest BCUT2D eigenvalue weighted by atomic mass is 9.76. The van der Waals surface area contributed by atoms with Crippen molar-refractivity contribution in [3.8, 4) is 11.5 Å². The molecule has 0 saturated heterocycles. The molecule has 3 rings (SSSR count). The summed E-state index contributed by atoms with van der Waals surface area (Å²) in [5.41, 5.74) is 6.80. The lowest BCUT2D eigenvalue weighted by molar-refractivity contribution is 0.216. The largest absolute Gasteiger partial charge is 0.334 e. The minimum Gasteiger partial charge on any atom is -0.334 e. The van der Waals surface area contributed by atoms with E-state index in [0.717, 1.165) is 37.2 Å². The molecule has 2 aromatic rings. The SMILES string of the molecule is CCC1CCC(N)(c2noc(-c3ccccc3Cl)n2)CC1. The summed E-state index contributed by atoms with van der Waals surface area (Å²) in [6.45, 7) is 2.23. The van der Waals surface area contributed by atoms with Gasteiger partial charge in [0, 0.05) is 0 Å². The Balaban J connectivity index is 1.84. The summed E-state index contributed by atoms with van der Waals surface area (Å²) in [6.07, 6.45) is 5.29. The number of rotatable bonds is 3. The van der Waals surface area contributed by atoms with Gasteiger partial charge in [-0.25, -0.2) is 0 Å². The fourth-order valence-corrected chi connectivity index (χ4v) is 3.21. The number of benzene rings is 1. The van der Waals surface area contributed by atoms with E-state index in [1.54, 1.807) is 0 Å². The van der Waals surface area contributed by atoms with Crippen molar-refractivity contribution in [3.05, 3.63) is 35.1 Å². The molecule has 21 heavy (non-hydrogen) atoms. The zero-order valence-electron chi connectivity index (χ0n) is 12.2. The molecule has 0 radical (unpaired) electrons. The standard InChI is InChI=1S/C16H20ClN3O/c1-2-11-7-9-16(18,10-8-11)15-19-14(21-20-15)12-5-3-4-6-13(12)17/h3-6,11H,2,7-10,18H2,1H3. The molecule has 5 heteroatoms. The average molecular weight is 306 g/mol. The first kappa shape index (κ1) is 14.5. The van der Waals surface area contributed by atoms with Gasteiger partial charge < -0.3 is 10.3 Å². The molecule has 1 saturated carbocycles. The first-order valence-electron chi connectivity index (χ1n) is 7.50. The second-order valence-electron chi connectivity index (χ2n) is 5.91. The van der Waals surface area contributed by atoms with Crippen LogP contribution in [0.15, 0.2) is 28.8 Å². The summed E-state index contributed by atoms with van der Waals surface area (Å²) in [5.74, 6) is 1.82. The van der Waals surface area contributed by atoms with Gasteiger partial charge in [0.25, 0.3) is 5.89 Å². The van der Waals surface area contributed by atoms with E-state index < -0.39 is 5.54 Å². The third kappa shape index (κ3) is 2.83. The Morgan fingerprint density at radius 3 is 2.71 bits per heavy atom. The molecule has 1 aromatic heterocycles. The number of nitrogens with zero attached hydrogens (tertiary/aromatic N) is 2. The fourth-order valence-electron chi connectivity index (χ4n) is 2.99. The van der Waals surface area contributed by atoms with E-state index in [0.29, 0.717) is 16.7 Å². The lowest BCUT2D eigenvalue weighted by Crippen LogP contribution is -2.41. The molecule has 112 valence electrons. The van der Waals surface area contributed by atoms with E-state index in [1.165, 1.54) is 6.42 Å². The van der Waals surface area contributed by atoms with Gasteiger partial charge >= 0.3 is 0 Å². The zero-order valence-corrected chi connectivity index (χ0v) is 12.9. The van der Waals surface area contributed by atoms with Gasteiger partial charge in [-0.2, -0.15) is 4.98 Å². The van der Waals surface area contributed by atoms with E-state index in [1.807, 2.05) is 24.3 Å². The first-order chi connectivity index (χ1) is 10.1. The van der Waals surface area contributed by atoms with E-state index in [9.17, 15) is 0 Å². The van der Waals surface area contributed by atoms with E-state index >= 15 is 0 Å². The van der Waals surface area contributed by atoms with Crippen LogP contribution in [0.2, 0.25) is 5.02 Å². The third-order valence-corrected chi connectivity index (χ3v) is 4.88. The Morgan fingerprint density at radius 1 is 1.33 bits per heavy atom. The Morgan fingerprint density at radius 2 is 2.05 bits per heavy atom. The molecule has 0 aliphatic heterocycles. The second kappa shape index (κ2) is 5.78. The summed E-state index contributed by atoms with van der Waals surface area (Å²) in [4.78, 5) is 4.50. The molecule has 0 amide bonds.